The molecule has 2 aliphatic rings. The van der Waals surface area contributed by atoms with Gasteiger partial charge < -0.3 is 10.2 Å². The van der Waals surface area contributed by atoms with E-state index in [1.165, 1.54) is 6.92 Å². The summed E-state index contributed by atoms with van der Waals surface area (Å²) < 4.78 is 38.5. The molecule has 0 radical (unpaired) electrons. The van der Waals surface area contributed by atoms with Crippen molar-refractivity contribution in [2.75, 3.05) is 18.0 Å². The average molecular weight is 328 g/mol. The van der Waals surface area contributed by atoms with Crippen LogP contribution in [0.1, 0.15) is 37.2 Å². The highest BCUT2D eigenvalue weighted by Gasteiger charge is 2.35. The number of carbonyl (C=O) groups excluding carboxylic acids is 1. The zero-order valence-electron chi connectivity index (χ0n) is 12.9. The van der Waals surface area contributed by atoms with E-state index in [2.05, 4.69) is 15.3 Å². The van der Waals surface area contributed by atoms with E-state index in [4.69, 9.17) is 0 Å². The molecule has 1 aromatic heterocycles. The van der Waals surface area contributed by atoms with E-state index >= 15 is 0 Å². The molecule has 8 heteroatoms. The van der Waals surface area contributed by atoms with Crippen LogP contribution in [-0.2, 0) is 11.0 Å². The van der Waals surface area contributed by atoms with Crippen molar-refractivity contribution in [3.05, 3.63) is 17.6 Å². The molecule has 0 aromatic carbocycles. The van der Waals surface area contributed by atoms with E-state index < -0.39 is 11.9 Å². The topological polar surface area (TPSA) is 58.1 Å². The van der Waals surface area contributed by atoms with Crippen LogP contribution >= 0.6 is 0 Å². The lowest BCUT2D eigenvalue weighted by atomic mass is 10.0. The molecule has 2 heterocycles. The fourth-order valence-corrected chi connectivity index (χ4v) is 2.78. The van der Waals surface area contributed by atoms with Crippen molar-refractivity contribution in [1.29, 1.82) is 0 Å². The van der Waals surface area contributed by atoms with Gasteiger partial charge in [-0.05, 0) is 32.6 Å². The highest BCUT2D eigenvalue weighted by molar-refractivity contribution is 5.81. The van der Waals surface area contributed by atoms with Gasteiger partial charge in [0.15, 0.2) is 0 Å². The quantitative estimate of drug-likeness (QED) is 0.925. The normalized spacial score (nSPS) is 19.7. The van der Waals surface area contributed by atoms with Crippen molar-refractivity contribution >= 4 is 11.7 Å². The molecule has 0 atom stereocenters. The lowest BCUT2D eigenvalue weighted by Gasteiger charge is -2.33. The number of rotatable bonds is 3. The Kier molecular flexibility index (Phi) is 4.16. The maximum Gasteiger partial charge on any atom is 0.433 e. The predicted molar refractivity (Wildman–Crippen MR) is 77.9 cm³/mol. The third-order valence-electron chi connectivity index (χ3n) is 4.23. The first-order valence-electron chi connectivity index (χ1n) is 7.81. The lowest BCUT2D eigenvalue weighted by molar-refractivity contribution is -0.141. The number of hydrogen-bond donors (Lipinski definition) is 1. The monoisotopic (exact) mass is 328 g/mol. The van der Waals surface area contributed by atoms with Gasteiger partial charge in [0.25, 0.3) is 0 Å². The Labute approximate surface area is 132 Å². The van der Waals surface area contributed by atoms with Crippen molar-refractivity contribution in [2.45, 2.75) is 44.8 Å². The van der Waals surface area contributed by atoms with Crippen LogP contribution in [-0.4, -0.2) is 35.0 Å². The minimum absolute atomic E-state index is 0.101. The molecule has 0 spiro atoms. The van der Waals surface area contributed by atoms with Gasteiger partial charge >= 0.3 is 6.18 Å². The van der Waals surface area contributed by atoms with Gasteiger partial charge in [0.2, 0.25) is 5.91 Å². The zero-order chi connectivity index (χ0) is 16.6. The van der Waals surface area contributed by atoms with Gasteiger partial charge in [-0.2, -0.15) is 13.2 Å². The first kappa shape index (κ1) is 16.0. The average Bonchev–Trinajstić information content (AvgIpc) is 3.31. The minimum atomic E-state index is -4.47. The molecule has 5 nitrogen and oxygen atoms in total. The molecule has 3 rings (SSSR count). The molecule has 1 aromatic rings. The van der Waals surface area contributed by atoms with Crippen LogP contribution in [0, 0.1) is 12.8 Å². The first-order chi connectivity index (χ1) is 10.8. The van der Waals surface area contributed by atoms with Crippen molar-refractivity contribution < 1.29 is 18.0 Å². The fourth-order valence-electron chi connectivity index (χ4n) is 2.78. The smallest absolute Gasteiger partial charge is 0.356 e. The Hall–Kier alpha value is -1.86. The summed E-state index contributed by atoms with van der Waals surface area (Å²) in [5, 5.41) is 3.02. The lowest BCUT2D eigenvalue weighted by Crippen LogP contribution is -2.45. The summed E-state index contributed by atoms with van der Waals surface area (Å²) in [6.45, 7) is 2.61. The Bertz CT molecular complexity index is 593. The second-order valence-electron chi connectivity index (χ2n) is 6.20. The van der Waals surface area contributed by atoms with Gasteiger partial charge in [-0.25, -0.2) is 9.97 Å². The van der Waals surface area contributed by atoms with Gasteiger partial charge in [-0.15, -0.1) is 0 Å². The van der Waals surface area contributed by atoms with E-state index in [9.17, 15) is 18.0 Å². The third kappa shape index (κ3) is 3.92. The summed E-state index contributed by atoms with van der Waals surface area (Å²) in [6.07, 6.45) is -1.12. The molecule has 0 bridgehead atoms. The molecular weight excluding hydrogens is 309 g/mol. The van der Waals surface area contributed by atoms with Crippen LogP contribution in [0.3, 0.4) is 0 Å². The number of amides is 1. The Balaban J connectivity index is 1.63. The number of piperidine rings is 1. The first-order valence-corrected chi connectivity index (χ1v) is 7.81. The van der Waals surface area contributed by atoms with E-state index in [1.807, 2.05) is 4.90 Å². The fraction of sp³-hybridized carbons (Fsp3) is 0.667. The van der Waals surface area contributed by atoms with Crippen LogP contribution in [0.15, 0.2) is 6.07 Å². The van der Waals surface area contributed by atoms with E-state index in [1.54, 1.807) is 0 Å². The van der Waals surface area contributed by atoms with Crippen LogP contribution < -0.4 is 10.2 Å². The second-order valence-corrected chi connectivity index (χ2v) is 6.20. The number of carbonyl (C=O) groups is 1. The number of nitrogens with one attached hydrogen (secondary N) is 1. The largest absolute Gasteiger partial charge is 0.433 e. The maximum atomic E-state index is 12.8. The molecule has 2 fully saturated rings. The van der Waals surface area contributed by atoms with E-state index in [0.717, 1.165) is 18.9 Å². The van der Waals surface area contributed by atoms with Gasteiger partial charge in [0.05, 0.1) is 0 Å². The number of nitrogens with zero attached hydrogens (tertiary/aromatic N) is 3. The number of alkyl halides is 3. The predicted octanol–water partition coefficient (Wildman–Crippen LogP) is 2.30. The number of halogens is 3. The SMILES string of the molecule is Cc1nc(N2CCC(NC(=O)C3CC3)CC2)cc(C(F)(F)F)n1. The number of aryl methyl sites for hydroxylation is 1. The molecule has 0 unspecified atom stereocenters. The highest BCUT2D eigenvalue weighted by Crippen LogP contribution is 2.31. The summed E-state index contributed by atoms with van der Waals surface area (Å²) in [5.41, 5.74) is -0.913. The van der Waals surface area contributed by atoms with E-state index in [-0.39, 0.29) is 23.7 Å². The van der Waals surface area contributed by atoms with Crippen LogP contribution in [0.4, 0.5) is 19.0 Å². The Morgan fingerprint density at radius 3 is 2.43 bits per heavy atom. The Morgan fingerprint density at radius 1 is 1.22 bits per heavy atom. The molecule has 126 valence electrons. The summed E-state index contributed by atoms with van der Waals surface area (Å²) in [5.74, 6) is 0.698. The minimum Gasteiger partial charge on any atom is -0.356 e. The number of hydrogen-bond acceptors (Lipinski definition) is 4. The van der Waals surface area contributed by atoms with Crippen LogP contribution in [0.5, 0.6) is 0 Å². The van der Waals surface area contributed by atoms with Crippen LogP contribution in [0.25, 0.3) is 0 Å². The van der Waals surface area contributed by atoms with Crippen molar-refractivity contribution in [3.63, 3.8) is 0 Å². The number of anilines is 1. The zero-order valence-corrected chi connectivity index (χ0v) is 12.9. The molecule has 1 saturated carbocycles. The van der Waals surface area contributed by atoms with Crippen molar-refractivity contribution in [2.24, 2.45) is 5.92 Å². The summed E-state index contributed by atoms with van der Waals surface area (Å²) in [7, 11) is 0. The molecule has 1 aliphatic carbocycles. The Morgan fingerprint density at radius 2 is 1.87 bits per heavy atom. The van der Waals surface area contributed by atoms with Crippen molar-refractivity contribution in [1.82, 2.24) is 15.3 Å². The maximum absolute atomic E-state index is 12.8. The standard InChI is InChI=1S/C15H19F3N4O/c1-9-19-12(15(16,17)18)8-13(20-9)22-6-4-11(5-7-22)21-14(23)10-2-3-10/h8,10-11H,2-7H2,1H3,(H,21,23). The van der Waals surface area contributed by atoms with Gasteiger partial charge in [0, 0.05) is 31.1 Å². The summed E-state index contributed by atoms with van der Waals surface area (Å²) in [4.78, 5) is 21.2. The van der Waals surface area contributed by atoms with Crippen LogP contribution in [0.2, 0.25) is 0 Å². The van der Waals surface area contributed by atoms with Gasteiger partial charge in [-0.1, -0.05) is 0 Å². The molecular formula is C15H19F3N4O. The van der Waals surface area contributed by atoms with E-state index in [0.29, 0.717) is 31.7 Å². The highest BCUT2D eigenvalue weighted by atomic mass is 19.4. The molecule has 1 aliphatic heterocycles. The van der Waals surface area contributed by atoms with Gasteiger partial charge in [-0.3, -0.25) is 4.79 Å². The molecule has 23 heavy (non-hydrogen) atoms. The molecule has 1 saturated heterocycles. The third-order valence-corrected chi connectivity index (χ3v) is 4.23. The number of aromatic nitrogens is 2. The molecule has 1 N–H and O–H groups in total. The molecule has 1 amide bonds. The summed E-state index contributed by atoms with van der Waals surface area (Å²) >= 11 is 0. The van der Waals surface area contributed by atoms with Gasteiger partial charge in [0.1, 0.15) is 17.3 Å². The second kappa shape index (κ2) is 5.98. The summed E-state index contributed by atoms with van der Waals surface area (Å²) in [6, 6.07) is 1.10. The van der Waals surface area contributed by atoms with Crippen molar-refractivity contribution in [3.8, 4) is 0 Å².